The Morgan fingerprint density at radius 3 is 2.90 bits per heavy atom. The minimum atomic E-state index is -0.485. The first-order chi connectivity index (χ1) is 10.2. The number of nitrogens with one attached hydrogen (secondary N) is 2. The van der Waals surface area contributed by atoms with Gasteiger partial charge in [-0.1, -0.05) is 0 Å². The van der Waals surface area contributed by atoms with E-state index in [0.29, 0.717) is 11.6 Å². The van der Waals surface area contributed by atoms with Crippen molar-refractivity contribution in [2.24, 2.45) is 0 Å². The molecule has 1 amide bonds. The van der Waals surface area contributed by atoms with E-state index in [1.54, 1.807) is 29.4 Å². The Hall–Kier alpha value is -3.36. The molecule has 9 nitrogen and oxygen atoms in total. The number of amides is 1. The van der Waals surface area contributed by atoms with Gasteiger partial charge in [-0.3, -0.25) is 14.2 Å². The Balaban J connectivity index is 1.82. The molecule has 0 aliphatic carbocycles. The second-order valence-corrected chi connectivity index (χ2v) is 3.99. The summed E-state index contributed by atoms with van der Waals surface area (Å²) in [5.74, 6) is 0.389. The molecule has 9 heteroatoms. The largest absolute Gasteiger partial charge is 0.305 e. The second-order valence-electron chi connectivity index (χ2n) is 3.99. The molecule has 3 aromatic rings. The number of hydrogen-bond acceptors (Lipinski definition) is 6. The molecule has 0 radical (unpaired) electrons. The molecule has 104 valence electrons. The van der Waals surface area contributed by atoms with Crippen LogP contribution in [-0.2, 0) is 0 Å². The number of nitrogens with zero attached hydrogens (tertiary/aromatic N) is 5. The average Bonchev–Trinajstić information content (AvgIpc) is 3.02. The minimum absolute atomic E-state index is 0.0809. The van der Waals surface area contributed by atoms with Gasteiger partial charge in [0.25, 0.3) is 11.5 Å². The summed E-state index contributed by atoms with van der Waals surface area (Å²) >= 11 is 0. The smallest absolute Gasteiger partial charge is 0.277 e. The maximum absolute atomic E-state index is 11.9. The molecule has 0 bridgehead atoms. The summed E-state index contributed by atoms with van der Waals surface area (Å²) in [5, 5.41) is 8.40. The maximum atomic E-state index is 11.9. The normalized spacial score (nSPS) is 10.3. The van der Waals surface area contributed by atoms with E-state index in [1.807, 2.05) is 0 Å². The van der Waals surface area contributed by atoms with Gasteiger partial charge in [0.15, 0.2) is 0 Å². The number of carbonyl (C=O) groups is 1. The number of anilines is 1. The molecule has 0 unspecified atom stereocenters. The van der Waals surface area contributed by atoms with Gasteiger partial charge in [0.05, 0.1) is 0 Å². The van der Waals surface area contributed by atoms with Crippen molar-refractivity contribution in [2.45, 2.75) is 0 Å². The molecule has 3 rings (SSSR count). The van der Waals surface area contributed by atoms with E-state index >= 15 is 0 Å². The summed E-state index contributed by atoms with van der Waals surface area (Å²) in [5.41, 5.74) is -0.298. The lowest BCUT2D eigenvalue weighted by molar-refractivity contribution is 0.102. The van der Waals surface area contributed by atoms with Crippen molar-refractivity contribution in [3.05, 3.63) is 59.3 Å². The summed E-state index contributed by atoms with van der Waals surface area (Å²) in [6.07, 6.45) is 6.24. The summed E-state index contributed by atoms with van der Waals surface area (Å²) in [4.78, 5) is 34.8. The lowest BCUT2D eigenvalue weighted by Gasteiger charge is -2.05. The van der Waals surface area contributed by atoms with Crippen LogP contribution in [0, 0.1) is 0 Å². The molecule has 0 spiro atoms. The van der Waals surface area contributed by atoms with Gasteiger partial charge >= 0.3 is 0 Å². The van der Waals surface area contributed by atoms with Crippen LogP contribution in [0.4, 0.5) is 5.82 Å². The summed E-state index contributed by atoms with van der Waals surface area (Å²) in [7, 11) is 0. The Morgan fingerprint density at radius 1 is 1.29 bits per heavy atom. The first-order valence-corrected chi connectivity index (χ1v) is 5.90. The molecule has 0 saturated carbocycles. The maximum Gasteiger partial charge on any atom is 0.277 e. The third-order valence-electron chi connectivity index (χ3n) is 2.57. The molecule has 0 atom stereocenters. The number of aromatic amines is 1. The van der Waals surface area contributed by atoms with Gasteiger partial charge in [-0.15, -0.1) is 0 Å². The Kier molecular flexibility index (Phi) is 3.21. The zero-order chi connectivity index (χ0) is 14.7. The van der Waals surface area contributed by atoms with Crippen molar-refractivity contribution < 1.29 is 4.79 Å². The number of hydrogen-bond donors (Lipinski definition) is 2. The predicted molar refractivity (Wildman–Crippen MR) is 72.0 cm³/mol. The fraction of sp³-hybridized carbons (Fsp3) is 0. The second kappa shape index (κ2) is 5.33. The SMILES string of the molecule is O=C(Nc1cc(-n2ccnc2)ncn1)c1ccc(=O)[nH]n1. The third kappa shape index (κ3) is 2.81. The molecular weight excluding hydrogens is 274 g/mol. The van der Waals surface area contributed by atoms with E-state index in [4.69, 9.17) is 0 Å². The number of rotatable bonds is 3. The molecule has 0 aromatic carbocycles. The number of imidazole rings is 1. The quantitative estimate of drug-likeness (QED) is 0.698. The van der Waals surface area contributed by atoms with Crippen LogP contribution >= 0.6 is 0 Å². The van der Waals surface area contributed by atoms with Crippen LogP contribution in [0.1, 0.15) is 10.5 Å². The van der Waals surface area contributed by atoms with Gasteiger partial charge in [-0.2, -0.15) is 5.10 Å². The zero-order valence-electron chi connectivity index (χ0n) is 10.6. The average molecular weight is 283 g/mol. The number of carbonyl (C=O) groups excluding carboxylic acids is 1. The highest BCUT2D eigenvalue weighted by molar-refractivity contribution is 6.02. The molecule has 3 heterocycles. The van der Waals surface area contributed by atoms with Gasteiger partial charge in [-0.25, -0.2) is 20.1 Å². The van der Waals surface area contributed by atoms with Crippen molar-refractivity contribution in [1.82, 2.24) is 29.7 Å². The topological polar surface area (TPSA) is 118 Å². The van der Waals surface area contributed by atoms with E-state index in [2.05, 4.69) is 30.5 Å². The van der Waals surface area contributed by atoms with Crippen molar-refractivity contribution in [3.8, 4) is 5.82 Å². The molecule has 0 aliphatic rings. The molecule has 0 saturated heterocycles. The highest BCUT2D eigenvalue weighted by Crippen LogP contribution is 2.09. The summed E-state index contributed by atoms with van der Waals surface area (Å²) < 4.78 is 1.68. The fourth-order valence-electron chi connectivity index (χ4n) is 1.60. The number of H-pyrrole nitrogens is 1. The standard InChI is InChI=1S/C12H9N7O2/c20-11-2-1-8(17-18-11)12(21)16-9-5-10(15-6-14-9)19-4-3-13-7-19/h1-7H,(H,18,20)(H,14,15,16,21). The van der Waals surface area contributed by atoms with Crippen molar-refractivity contribution in [1.29, 1.82) is 0 Å². The minimum Gasteiger partial charge on any atom is -0.305 e. The van der Waals surface area contributed by atoms with E-state index in [0.717, 1.165) is 0 Å². The Labute approximate surface area is 117 Å². The van der Waals surface area contributed by atoms with Gasteiger partial charge in [0, 0.05) is 24.5 Å². The Morgan fingerprint density at radius 2 is 2.19 bits per heavy atom. The van der Waals surface area contributed by atoms with Crippen LogP contribution in [0.25, 0.3) is 5.82 Å². The lowest BCUT2D eigenvalue weighted by atomic mass is 10.3. The van der Waals surface area contributed by atoms with Crippen molar-refractivity contribution in [3.63, 3.8) is 0 Å². The predicted octanol–water partition coefficient (Wildman–Crippen LogP) is -0.00210. The van der Waals surface area contributed by atoms with Crippen LogP contribution in [0.15, 0.2) is 48.0 Å². The van der Waals surface area contributed by atoms with Gasteiger partial charge in [0.1, 0.15) is 30.0 Å². The molecule has 0 aliphatic heterocycles. The lowest BCUT2D eigenvalue weighted by Crippen LogP contribution is -2.18. The van der Waals surface area contributed by atoms with Crippen LogP contribution in [0.3, 0.4) is 0 Å². The van der Waals surface area contributed by atoms with E-state index in [1.165, 1.54) is 18.5 Å². The van der Waals surface area contributed by atoms with Crippen molar-refractivity contribution >= 4 is 11.7 Å². The van der Waals surface area contributed by atoms with Crippen LogP contribution in [-0.4, -0.2) is 35.6 Å². The molecular formula is C12H9N7O2. The summed E-state index contributed by atoms with van der Waals surface area (Å²) in [6.45, 7) is 0. The van der Waals surface area contributed by atoms with Gasteiger partial charge in [0.2, 0.25) is 0 Å². The monoisotopic (exact) mass is 283 g/mol. The van der Waals surface area contributed by atoms with Gasteiger partial charge < -0.3 is 5.32 Å². The van der Waals surface area contributed by atoms with E-state index in [9.17, 15) is 9.59 Å². The van der Waals surface area contributed by atoms with E-state index < -0.39 is 5.91 Å². The summed E-state index contributed by atoms with van der Waals surface area (Å²) in [6, 6.07) is 4.14. The third-order valence-corrected chi connectivity index (χ3v) is 2.57. The molecule has 21 heavy (non-hydrogen) atoms. The fourth-order valence-corrected chi connectivity index (χ4v) is 1.60. The first-order valence-electron chi connectivity index (χ1n) is 5.90. The highest BCUT2D eigenvalue weighted by atomic mass is 16.2. The van der Waals surface area contributed by atoms with Crippen LogP contribution in [0.5, 0.6) is 0 Å². The number of aromatic nitrogens is 6. The molecule has 3 aromatic heterocycles. The zero-order valence-corrected chi connectivity index (χ0v) is 10.6. The molecule has 2 N–H and O–H groups in total. The van der Waals surface area contributed by atoms with E-state index in [-0.39, 0.29) is 11.3 Å². The van der Waals surface area contributed by atoms with Crippen LogP contribution < -0.4 is 10.9 Å². The Bertz CT molecular complexity index is 805. The molecule has 0 fully saturated rings. The first kappa shape index (κ1) is 12.7. The highest BCUT2D eigenvalue weighted by Gasteiger charge is 2.09. The van der Waals surface area contributed by atoms with Crippen LogP contribution in [0.2, 0.25) is 0 Å². The van der Waals surface area contributed by atoms with Crippen molar-refractivity contribution in [2.75, 3.05) is 5.32 Å². The van der Waals surface area contributed by atoms with Gasteiger partial charge in [-0.05, 0) is 6.07 Å².